The molecule has 1 nitrogen and oxygen atoms in total. The van der Waals surface area contributed by atoms with E-state index in [0.717, 1.165) is 17.7 Å². The lowest BCUT2D eigenvalue weighted by atomic mass is 10.2. The van der Waals surface area contributed by atoms with Crippen LogP contribution in [0.5, 0.6) is 5.75 Å². The summed E-state index contributed by atoms with van der Waals surface area (Å²) in [5.41, 5.74) is 0.432. The first-order valence-corrected chi connectivity index (χ1v) is 6.88. The summed E-state index contributed by atoms with van der Waals surface area (Å²) >= 11 is 5.84. The number of benzene rings is 1. The Morgan fingerprint density at radius 2 is 2.21 bits per heavy atom. The molecule has 0 aromatic heterocycles. The van der Waals surface area contributed by atoms with Crippen molar-refractivity contribution in [3.05, 3.63) is 27.8 Å². The Kier molecular flexibility index (Phi) is 3.37. The van der Waals surface area contributed by atoms with E-state index in [4.69, 9.17) is 4.74 Å². The SMILES string of the molecule is BrCC1(COc2cccc(I)c2)CC1. The van der Waals surface area contributed by atoms with Crippen LogP contribution < -0.4 is 4.74 Å². The normalized spacial score (nSPS) is 17.9. The molecule has 14 heavy (non-hydrogen) atoms. The van der Waals surface area contributed by atoms with Gasteiger partial charge < -0.3 is 4.74 Å². The fourth-order valence-corrected chi connectivity index (χ4v) is 2.52. The second-order valence-corrected chi connectivity index (χ2v) is 5.69. The van der Waals surface area contributed by atoms with Crippen molar-refractivity contribution in [2.45, 2.75) is 12.8 Å². The molecule has 0 heterocycles. The second kappa shape index (κ2) is 4.39. The maximum absolute atomic E-state index is 5.77. The number of hydrogen-bond acceptors (Lipinski definition) is 1. The molecule has 0 atom stereocenters. The van der Waals surface area contributed by atoms with Crippen LogP contribution >= 0.6 is 38.5 Å². The first kappa shape index (κ1) is 10.7. The third-order valence-electron chi connectivity index (χ3n) is 2.58. The third-order valence-corrected chi connectivity index (χ3v) is 4.44. The van der Waals surface area contributed by atoms with Gasteiger partial charge in [0, 0.05) is 14.3 Å². The summed E-state index contributed by atoms with van der Waals surface area (Å²) in [6.45, 7) is 0.846. The molecule has 1 aliphatic carbocycles. The Bertz CT molecular complexity index is 323. The molecule has 1 fully saturated rings. The van der Waals surface area contributed by atoms with Crippen molar-refractivity contribution >= 4 is 38.5 Å². The van der Waals surface area contributed by atoms with Crippen molar-refractivity contribution in [2.75, 3.05) is 11.9 Å². The molecule has 2 rings (SSSR count). The van der Waals surface area contributed by atoms with Gasteiger partial charge in [-0.3, -0.25) is 0 Å². The van der Waals surface area contributed by atoms with Crippen LogP contribution in [0.25, 0.3) is 0 Å². The molecular formula is C11H12BrIO. The van der Waals surface area contributed by atoms with Gasteiger partial charge in [0.15, 0.2) is 0 Å². The number of alkyl halides is 1. The molecule has 1 saturated carbocycles. The molecule has 0 saturated heterocycles. The lowest BCUT2D eigenvalue weighted by Crippen LogP contribution is -2.14. The zero-order valence-electron chi connectivity index (χ0n) is 7.80. The Labute approximate surface area is 106 Å². The topological polar surface area (TPSA) is 9.23 Å². The quantitative estimate of drug-likeness (QED) is 0.581. The highest BCUT2D eigenvalue weighted by molar-refractivity contribution is 14.1. The number of halogens is 2. The molecule has 0 amide bonds. The standard InChI is InChI=1S/C11H12BrIO/c12-7-11(4-5-11)8-14-10-3-1-2-9(13)6-10/h1-3,6H,4-5,7-8H2. The summed E-state index contributed by atoms with van der Waals surface area (Å²) in [5.74, 6) is 0.990. The van der Waals surface area contributed by atoms with E-state index in [9.17, 15) is 0 Å². The van der Waals surface area contributed by atoms with Crippen LogP contribution in [0.2, 0.25) is 0 Å². The minimum Gasteiger partial charge on any atom is -0.493 e. The highest BCUT2D eigenvalue weighted by atomic mass is 127. The van der Waals surface area contributed by atoms with Crippen LogP contribution in [-0.2, 0) is 0 Å². The van der Waals surface area contributed by atoms with E-state index < -0.39 is 0 Å². The van der Waals surface area contributed by atoms with Gasteiger partial charge in [-0.1, -0.05) is 22.0 Å². The molecule has 1 aromatic rings. The largest absolute Gasteiger partial charge is 0.493 e. The molecule has 0 unspecified atom stereocenters. The summed E-state index contributed by atoms with van der Waals surface area (Å²) in [6.07, 6.45) is 2.59. The van der Waals surface area contributed by atoms with Crippen LogP contribution in [0.1, 0.15) is 12.8 Å². The zero-order valence-corrected chi connectivity index (χ0v) is 11.5. The Balaban J connectivity index is 1.92. The molecular weight excluding hydrogens is 355 g/mol. The van der Waals surface area contributed by atoms with E-state index in [1.165, 1.54) is 16.4 Å². The molecule has 0 bridgehead atoms. The van der Waals surface area contributed by atoms with Gasteiger partial charge in [-0.15, -0.1) is 0 Å². The van der Waals surface area contributed by atoms with Crippen LogP contribution in [-0.4, -0.2) is 11.9 Å². The summed E-state index contributed by atoms with van der Waals surface area (Å²) in [7, 11) is 0. The molecule has 0 N–H and O–H groups in total. The third kappa shape index (κ3) is 2.63. The van der Waals surface area contributed by atoms with E-state index in [2.05, 4.69) is 50.7 Å². The van der Waals surface area contributed by atoms with Crippen LogP contribution in [0.4, 0.5) is 0 Å². The van der Waals surface area contributed by atoms with Crippen LogP contribution in [0.3, 0.4) is 0 Å². The van der Waals surface area contributed by atoms with Gasteiger partial charge in [0.1, 0.15) is 5.75 Å². The maximum atomic E-state index is 5.77. The van der Waals surface area contributed by atoms with Gasteiger partial charge in [-0.05, 0) is 53.6 Å². The van der Waals surface area contributed by atoms with E-state index in [1.807, 2.05) is 12.1 Å². The summed E-state index contributed by atoms with van der Waals surface area (Å²) < 4.78 is 7.00. The van der Waals surface area contributed by atoms with Gasteiger partial charge in [0.25, 0.3) is 0 Å². The summed E-state index contributed by atoms with van der Waals surface area (Å²) in [6, 6.07) is 8.20. The predicted molar refractivity (Wildman–Crippen MR) is 70.1 cm³/mol. The zero-order chi connectivity index (χ0) is 10.0. The van der Waals surface area contributed by atoms with E-state index >= 15 is 0 Å². The fourth-order valence-electron chi connectivity index (χ4n) is 1.29. The van der Waals surface area contributed by atoms with Crippen LogP contribution in [0, 0.1) is 8.99 Å². The maximum Gasteiger partial charge on any atom is 0.120 e. The van der Waals surface area contributed by atoms with Crippen molar-refractivity contribution in [1.29, 1.82) is 0 Å². The number of ether oxygens (including phenoxy) is 1. The second-order valence-electron chi connectivity index (χ2n) is 3.88. The monoisotopic (exact) mass is 366 g/mol. The van der Waals surface area contributed by atoms with E-state index in [0.29, 0.717) is 5.41 Å². The Hall–Kier alpha value is 0.230. The molecule has 3 heteroatoms. The van der Waals surface area contributed by atoms with Crippen molar-refractivity contribution in [2.24, 2.45) is 5.41 Å². The predicted octanol–water partition coefficient (Wildman–Crippen LogP) is 3.85. The number of hydrogen-bond donors (Lipinski definition) is 0. The minimum absolute atomic E-state index is 0.432. The average Bonchev–Trinajstić information content (AvgIpc) is 2.96. The van der Waals surface area contributed by atoms with Gasteiger partial charge in [0.2, 0.25) is 0 Å². The van der Waals surface area contributed by atoms with Gasteiger partial charge >= 0.3 is 0 Å². The van der Waals surface area contributed by atoms with Crippen molar-refractivity contribution < 1.29 is 4.74 Å². The minimum atomic E-state index is 0.432. The van der Waals surface area contributed by atoms with E-state index in [1.54, 1.807) is 0 Å². The van der Waals surface area contributed by atoms with Gasteiger partial charge in [-0.25, -0.2) is 0 Å². The van der Waals surface area contributed by atoms with Crippen molar-refractivity contribution in [3.8, 4) is 5.75 Å². The number of rotatable bonds is 4. The Morgan fingerprint density at radius 1 is 1.43 bits per heavy atom. The molecule has 1 aromatic carbocycles. The van der Waals surface area contributed by atoms with Gasteiger partial charge in [-0.2, -0.15) is 0 Å². The van der Waals surface area contributed by atoms with Gasteiger partial charge in [0.05, 0.1) is 6.61 Å². The smallest absolute Gasteiger partial charge is 0.120 e. The first-order valence-electron chi connectivity index (χ1n) is 4.68. The molecule has 1 aliphatic rings. The van der Waals surface area contributed by atoms with Crippen molar-refractivity contribution in [3.63, 3.8) is 0 Å². The molecule has 0 radical (unpaired) electrons. The highest BCUT2D eigenvalue weighted by Crippen LogP contribution is 2.47. The summed E-state index contributed by atoms with van der Waals surface area (Å²) in [4.78, 5) is 0. The fraction of sp³-hybridized carbons (Fsp3) is 0.455. The Morgan fingerprint density at radius 3 is 2.79 bits per heavy atom. The van der Waals surface area contributed by atoms with Crippen LogP contribution in [0.15, 0.2) is 24.3 Å². The van der Waals surface area contributed by atoms with Crippen molar-refractivity contribution in [1.82, 2.24) is 0 Å². The molecule has 76 valence electrons. The lowest BCUT2D eigenvalue weighted by Gasteiger charge is -2.13. The average molecular weight is 367 g/mol. The van der Waals surface area contributed by atoms with E-state index in [-0.39, 0.29) is 0 Å². The lowest BCUT2D eigenvalue weighted by molar-refractivity contribution is 0.251. The first-order chi connectivity index (χ1) is 6.74. The summed E-state index contributed by atoms with van der Waals surface area (Å²) in [5, 5.41) is 1.06. The molecule has 0 spiro atoms. The molecule has 0 aliphatic heterocycles. The highest BCUT2D eigenvalue weighted by Gasteiger charge is 2.42.